The molecule has 1 aliphatic carbocycles. The molecule has 1 aliphatic rings. The Morgan fingerprint density at radius 1 is 1.31 bits per heavy atom. The van der Waals surface area contributed by atoms with E-state index in [0.29, 0.717) is 5.69 Å². The van der Waals surface area contributed by atoms with E-state index in [0.717, 1.165) is 18.2 Å². The standard InChI is InChI=1S/C11H12N2/c1-12-10-4-6-11(7-5-10)13-8-9-2-3-9/h4-7,9,13H,2-3,8H2. The minimum absolute atomic E-state index is 0.706. The molecular formula is C11H12N2. The van der Waals surface area contributed by atoms with Crippen molar-refractivity contribution in [3.05, 3.63) is 35.7 Å². The number of nitrogens with zero attached hydrogens (tertiary/aromatic N) is 1. The molecule has 2 nitrogen and oxygen atoms in total. The lowest BCUT2D eigenvalue weighted by Crippen LogP contribution is -2.02. The van der Waals surface area contributed by atoms with Crippen molar-refractivity contribution in [2.24, 2.45) is 5.92 Å². The second-order valence-corrected chi connectivity index (χ2v) is 3.48. The summed E-state index contributed by atoms with van der Waals surface area (Å²) in [5.41, 5.74) is 1.83. The van der Waals surface area contributed by atoms with Crippen molar-refractivity contribution in [2.75, 3.05) is 11.9 Å². The van der Waals surface area contributed by atoms with E-state index in [4.69, 9.17) is 6.57 Å². The highest BCUT2D eigenvalue weighted by Gasteiger charge is 2.20. The van der Waals surface area contributed by atoms with Crippen LogP contribution in [0.1, 0.15) is 12.8 Å². The zero-order chi connectivity index (χ0) is 9.10. The average molecular weight is 172 g/mol. The quantitative estimate of drug-likeness (QED) is 0.693. The molecule has 2 heteroatoms. The van der Waals surface area contributed by atoms with Crippen LogP contribution >= 0.6 is 0 Å². The zero-order valence-electron chi connectivity index (χ0n) is 7.46. The molecule has 1 aromatic carbocycles. The summed E-state index contributed by atoms with van der Waals surface area (Å²) < 4.78 is 0. The van der Waals surface area contributed by atoms with Crippen LogP contribution in [0.25, 0.3) is 4.85 Å². The van der Waals surface area contributed by atoms with Crippen LogP contribution in [-0.2, 0) is 0 Å². The second kappa shape index (κ2) is 3.49. The molecule has 66 valence electrons. The summed E-state index contributed by atoms with van der Waals surface area (Å²) in [5.74, 6) is 0.889. The Morgan fingerprint density at radius 3 is 2.54 bits per heavy atom. The van der Waals surface area contributed by atoms with E-state index < -0.39 is 0 Å². The molecule has 13 heavy (non-hydrogen) atoms. The van der Waals surface area contributed by atoms with Gasteiger partial charge in [0, 0.05) is 12.2 Å². The van der Waals surface area contributed by atoms with Crippen LogP contribution in [0, 0.1) is 12.5 Å². The third kappa shape index (κ3) is 2.22. The molecule has 2 rings (SSSR count). The summed E-state index contributed by atoms with van der Waals surface area (Å²) in [6, 6.07) is 7.63. The van der Waals surface area contributed by atoms with Gasteiger partial charge in [0.1, 0.15) is 0 Å². The van der Waals surface area contributed by atoms with E-state index in [-0.39, 0.29) is 0 Å². The van der Waals surface area contributed by atoms with E-state index in [2.05, 4.69) is 10.2 Å². The van der Waals surface area contributed by atoms with Gasteiger partial charge in [-0.1, -0.05) is 12.1 Å². The third-order valence-electron chi connectivity index (χ3n) is 2.29. The summed E-state index contributed by atoms with van der Waals surface area (Å²) in [6.07, 6.45) is 2.74. The van der Waals surface area contributed by atoms with Gasteiger partial charge >= 0.3 is 0 Å². The number of anilines is 1. The van der Waals surface area contributed by atoms with Gasteiger partial charge in [-0.15, -0.1) is 0 Å². The number of nitrogens with one attached hydrogen (secondary N) is 1. The molecule has 0 atom stereocenters. The second-order valence-electron chi connectivity index (χ2n) is 3.48. The van der Waals surface area contributed by atoms with Gasteiger partial charge in [0.05, 0.1) is 6.57 Å². The van der Waals surface area contributed by atoms with Crippen molar-refractivity contribution in [3.63, 3.8) is 0 Å². The molecule has 1 saturated carbocycles. The van der Waals surface area contributed by atoms with Gasteiger partial charge in [0.2, 0.25) is 0 Å². The van der Waals surface area contributed by atoms with E-state index >= 15 is 0 Å². The zero-order valence-corrected chi connectivity index (χ0v) is 7.46. The van der Waals surface area contributed by atoms with Crippen molar-refractivity contribution >= 4 is 11.4 Å². The monoisotopic (exact) mass is 172 g/mol. The van der Waals surface area contributed by atoms with Crippen LogP contribution in [-0.4, -0.2) is 6.54 Å². The van der Waals surface area contributed by atoms with Gasteiger partial charge in [0.15, 0.2) is 5.69 Å². The fraction of sp³-hybridized carbons (Fsp3) is 0.364. The SMILES string of the molecule is [C-]#[N+]c1ccc(NCC2CC2)cc1. The molecule has 0 heterocycles. The highest BCUT2D eigenvalue weighted by atomic mass is 14.9. The number of rotatable bonds is 3. The molecule has 0 amide bonds. The van der Waals surface area contributed by atoms with Crippen molar-refractivity contribution in [1.82, 2.24) is 0 Å². The number of hydrogen-bond acceptors (Lipinski definition) is 1. The molecule has 0 aromatic heterocycles. The van der Waals surface area contributed by atoms with Crippen LogP contribution in [0.2, 0.25) is 0 Å². The summed E-state index contributed by atoms with van der Waals surface area (Å²) >= 11 is 0. The lowest BCUT2D eigenvalue weighted by Gasteiger charge is -2.04. The first kappa shape index (κ1) is 8.12. The minimum atomic E-state index is 0.706. The first-order chi connectivity index (χ1) is 6.38. The average Bonchev–Trinajstić information content (AvgIpc) is 2.99. The van der Waals surface area contributed by atoms with Crippen molar-refractivity contribution in [1.29, 1.82) is 0 Å². The summed E-state index contributed by atoms with van der Waals surface area (Å²) in [5, 5.41) is 3.35. The molecular weight excluding hydrogens is 160 g/mol. The Morgan fingerprint density at radius 2 is 2.00 bits per heavy atom. The maximum atomic E-state index is 6.80. The smallest absolute Gasteiger partial charge is 0.187 e. The van der Waals surface area contributed by atoms with Crippen LogP contribution in [0.15, 0.2) is 24.3 Å². The highest BCUT2D eigenvalue weighted by Crippen LogP contribution is 2.29. The molecule has 1 N–H and O–H groups in total. The normalized spacial score (nSPS) is 15.0. The van der Waals surface area contributed by atoms with Crippen molar-refractivity contribution in [3.8, 4) is 0 Å². The molecule has 0 radical (unpaired) electrons. The summed E-state index contributed by atoms with van der Waals surface area (Å²) in [4.78, 5) is 3.34. The molecule has 0 bridgehead atoms. The van der Waals surface area contributed by atoms with Crippen molar-refractivity contribution < 1.29 is 0 Å². The van der Waals surface area contributed by atoms with E-state index in [1.54, 1.807) is 0 Å². The molecule has 0 aliphatic heterocycles. The topological polar surface area (TPSA) is 16.4 Å². The predicted molar refractivity (Wildman–Crippen MR) is 53.9 cm³/mol. The van der Waals surface area contributed by atoms with Crippen LogP contribution in [0.5, 0.6) is 0 Å². The van der Waals surface area contributed by atoms with Crippen LogP contribution < -0.4 is 5.32 Å². The van der Waals surface area contributed by atoms with Gasteiger partial charge in [-0.2, -0.15) is 0 Å². The van der Waals surface area contributed by atoms with Gasteiger partial charge in [-0.25, -0.2) is 4.85 Å². The number of benzene rings is 1. The molecule has 0 spiro atoms. The fourth-order valence-corrected chi connectivity index (χ4v) is 1.24. The summed E-state index contributed by atoms with van der Waals surface area (Å²) in [6.45, 7) is 7.88. The first-order valence-electron chi connectivity index (χ1n) is 4.60. The first-order valence-corrected chi connectivity index (χ1v) is 4.60. The Bertz CT molecular complexity index is 317. The maximum Gasteiger partial charge on any atom is 0.187 e. The Balaban J connectivity index is 1.93. The largest absolute Gasteiger partial charge is 0.385 e. The third-order valence-corrected chi connectivity index (χ3v) is 2.29. The Kier molecular flexibility index (Phi) is 2.18. The van der Waals surface area contributed by atoms with Crippen LogP contribution in [0.3, 0.4) is 0 Å². The molecule has 0 saturated heterocycles. The predicted octanol–water partition coefficient (Wildman–Crippen LogP) is 3.06. The Labute approximate surface area is 78.4 Å². The van der Waals surface area contributed by atoms with E-state index in [1.807, 2.05) is 24.3 Å². The van der Waals surface area contributed by atoms with Crippen LogP contribution in [0.4, 0.5) is 11.4 Å². The van der Waals surface area contributed by atoms with E-state index in [9.17, 15) is 0 Å². The maximum absolute atomic E-state index is 6.80. The van der Waals surface area contributed by atoms with Gasteiger partial charge in [0.25, 0.3) is 0 Å². The lowest BCUT2D eigenvalue weighted by molar-refractivity contribution is 0.889. The molecule has 1 fully saturated rings. The van der Waals surface area contributed by atoms with Gasteiger partial charge in [-0.05, 0) is 30.9 Å². The fourth-order valence-electron chi connectivity index (χ4n) is 1.24. The number of hydrogen-bond donors (Lipinski definition) is 1. The van der Waals surface area contributed by atoms with Gasteiger partial charge in [-0.3, -0.25) is 0 Å². The van der Waals surface area contributed by atoms with Crippen molar-refractivity contribution in [2.45, 2.75) is 12.8 Å². The molecule has 1 aromatic rings. The highest BCUT2D eigenvalue weighted by molar-refractivity contribution is 5.54. The minimum Gasteiger partial charge on any atom is -0.385 e. The lowest BCUT2D eigenvalue weighted by atomic mass is 10.3. The molecule has 0 unspecified atom stereocenters. The van der Waals surface area contributed by atoms with Gasteiger partial charge < -0.3 is 5.32 Å². The Hall–Kier alpha value is -1.49. The van der Waals surface area contributed by atoms with E-state index in [1.165, 1.54) is 12.8 Å². The summed E-state index contributed by atoms with van der Waals surface area (Å²) in [7, 11) is 0.